The van der Waals surface area contributed by atoms with Gasteiger partial charge in [-0.2, -0.15) is 0 Å². The Labute approximate surface area is 106 Å². The minimum Gasteiger partial charge on any atom is -0.493 e. The molecule has 2 rings (SSSR count). The molecule has 0 spiro atoms. The molecule has 0 radical (unpaired) electrons. The summed E-state index contributed by atoms with van der Waals surface area (Å²) in [5.74, 6) is -0.00847. The fourth-order valence-electron chi connectivity index (χ4n) is 2.41. The molecule has 2 aromatic rings. The summed E-state index contributed by atoms with van der Waals surface area (Å²) < 4.78 is 1.80. The van der Waals surface area contributed by atoms with Gasteiger partial charge in [-0.15, -0.1) is 4.91 Å². The van der Waals surface area contributed by atoms with Crippen LogP contribution in [-0.4, -0.2) is 9.67 Å². The highest BCUT2D eigenvalue weighted by molar-refractivity contribution is 5.99. The maximum absolute atomic E-state index is 11.0. The van der Waals surface area contributed by atoms with Crippen molar-refractivity contribution in [3.63, 3.8) is 0 Å². The number of hydrogen-bond acceptors (Lipinski definition) is 3. The molecule has 0 atom stereocenters. The van der Waals surface area contributed by atoms with Gasteiger partial charge in [0.15, 0.2) is 5.69 Å². The van der Waals surface area contributed by atoms with Crippen LogP contribution < -0.4 is 0 Å². The van der Waals surface area contributed by atoms with E-state index in [1.807, 2.05) is 26.0 Å². The van der Waals surface area contributed by atoms with E-state index in [0.29, 0.717) is 6.54 Å². The Morgan fingerprint density at radius 3 is 2.56 bits per heavy atom. The van der Waals surface area contributed by atoms with E-state index in [-0.39, 0.29) is 11.6 Å². The number of unbranched alkanes of at least 4 members (excludes halogenated alkanes) is 1. The number of benzene rings is 1. The first-order valence-corrected chi connectivity index (χ1v) is 6.26. The molecule has 0 aliphatic heterocycles. The summed E-state index contributed by atoms with van der Waals surface area (Å²) in [5, 5.41) is 13.9. The summed E-state index contributed by atoms with van der Waals surface area (Å²) in [7, 11) is 0. The molecule has 1 aromatic carbocycles. The van der Waals surface area contributed by atoms with Crippen molar-refractivity contribution in [3.8, 4) is 5.88 Å². The second-order valence-electron chi connectivity index (χ2n) is 4.69. The van der Waals surface area contributed by atoms with Crippen molar-refractivity contribution in [1.82, 2.24) is 4.57 Å². The van der Waals surface area contributed by atoms with Gasteiger partial charge < -0.3 is 9.67 Å². The van der Waals surface area contributed by atoms with Crippen LogP contribution in [0.1, 0.15) is 30.9 Å². The van der Waals surface area contributed by atoms with E-state index in [0.717, 1.165) is 34.9 Å². The molecule has 4 heteroatoms. The molecule has 1 N–H and O–H groups in total. The van der Waals surface area contributed by atoms with Crippen molar-refractivity contribution >= 4 is 16.6 Å². The van der Waals surface area contributed by atoms with Crippen LogP contribution in [0.25, 0.3) is 10.9 Å². The van der Waals surface area contributed by atoms with Crippen LogP contribution in [0.15, 0.2) is 17.3 Å². The molecule has 0 aliphatic rings. The number of fused-ring (bicyclic) bond motifs is 1. The Balaban J connectivity index is 2.80. The third-order valence-electron chi connectivity index (χ3n) is 3.39. The molecule has 96 valence electrons. The minimum absolute atomic E-state index is 0.00847. The molecule has 0 saturated carbocycles. The fraction of sp³-hybridized carbons (Fsp3) is 0.429. The zero-order chi connectivity index (χ0) is 13.3. The summed E-state index contributed by atoms with van der Waals surface area (Å²) in [6.45, 7) is 6.72. The highest BCUT2D eigenvalue weighted by Gasteiger charge is 2.20. The number of nitroso groups, excluding NO2 is 1. The molecular formula is C14H18N2O2. The van der Waals surface area contributed by atoms with Crippen molar-refractivity contribution < 1.29 is 5.11 Å². The van der Waals surface area contributed by atoms with Gasteiger partial charge in [-0.05, 0) is 36.6 Å². The van der Waals surface area contributed by atoms with Crippen LogP contribution in [0.2, 0.25) is 0 Å². The predicted molar refractivity (Wildman–Crippen MR) is 73.4 cm³/mol. The Hall–Kier alpha value is -1.84. The zero-order valence-electron chi connectivity index (χ0n) is 11.0. The quantitative estimate of drug-likeness (QED) is 0.823. The molecule has 1 aromatic heterocycles. The molecule has 0 saturated heterocycles. The van der Waals surface area contributed by atoms with Gasteiger partial charge in [0.1, 0.15) is 0 Å². The third-order valence-corrected chi connectivity index (χ3v) is 3.39. The van der Waals surface area contributed by atoms with Crippen LogP contribution in [0, 0.1) is 18.8 Å². The van der Waals surface area contributed by atoms with Crippen LogP contribution >= 0.6 is 0 Å². The minimum atomic E-state index is -0.00847. The molecular weight excluding hydrogens is 228 g/mol. The lowest BCUT2D eigenvalue weighted by Gasteiger charge is -2.08. The van der Waals surface area contributed by atoms with Crippen molar-refractivity contribution in [2.45, 2.75) is 40.2 Å². The van der Waals surface area contributed by atoms with Crippen LogP contribution in [-0.2, 0) is 6.54 Å². The zero-order valence-corrected chi connectivity index (χ0v) is 11.0. The second kappa shape index (κ2) is 4.80. The number of aromatic hydroxyl groups is 1. The number of nitrogens with zero attached hydrogens (tertiary/aromatic N) is 2. The molecule has 18 heavy (non-hydrogen) atoms. The number of aromatic nitrogens is 1. The Kier molecular flexibility index (Phi) is 3.36. The average Bonchev–Trinajstić information content (AvgIpc) is 2.65. The maximum Gasteiger partial charge on any atom is 0.222 e. The molecule has 0 aliphatic carbocycles. The van der Waals surface area contributed by atoms with Crippen LogP contribution in [0.5, 0.6) is 5.88 Å². The molecule has 0 bridgehead atoms. The third kappa shape index (κ3) is 1.78. The Morgan fingerprint density at radius 1 is 1.28 bits per heavy atom. The van der Waals surface area contributed by atoms with Crippen molar-refractivity contribution in [2.24, 2.45) is 5.18 Å². The Morgan fingerprint density at radius 2 is 1.94 bits per heavy atom. The summed E-state index contributed by atoms with van der Waals surface area (Å²) >= 11 is 0. The highest BCUT2D eigenvalue weighted by Crippen LogP contribution is 2.41. The predicted octanol–water partition coefficient (Wildman–Crippen LogP) is 4.16. The fourth-order valence-corrected chi connectivity index (χ4v) is 2.41. The van der Waals surface area contributed by atoms with Crippen LogP contribution in [0.3, 0.4) is 0 Å². The average molecular weight is 246 g/mol. The number of rotatable bonds is 4. The topological polar surface area (TPSA) is 54.6 Å². The first kappa shape index (κ1) is 12.6. The van der Waals surface area contributed by atoms with E-state index in [2.05, 4.69) is 12.1 Å². The highest BCUT2D eigenvalue weighted by atomic mass is 16.3. The summed E-state index contributed by atoms with van der Waals surface area (Å²) in [5.41, 5.74) is 3.12. The van der Waals surface area contributed by atoms with Gasteiger partial charge in [0.25, 0.3) is 0 Å². The van der Waals surface area contributed by atoms with Gasteiger partial charge in [-0.1, -0.05) is 25.5 Å². The largest absolute Gasteiger partial charge is 0.493 e. The summed E-state index contributed by atoms with van der Waals surface area (Å²) in [6.07, 6.45) is 2.00. The lowest BCUT2D eigenvalue weighted by atomic mass is 10.1. The standard InChI is InChI=1S/C14H18N2O2/c1-4-5-8-16-13-10(3)7-6-9(2)11(13)12(15-18)14(16)17/h6-7,17H,4-5,8H2,1-3H3. The van der Waals surface area contributed by atoms with E-state index < -0.39 is 0 Å². The lowest BCUT2D eigenvalue weighted by molar-refractivity contribution is 0.418. The first-order chi connectivity index (χ1) is 8.61. The van der Waals surface area contributed by atoms with Crippen molar-refractivity contribution in [1.29, 1.82) is 0 Å². The second-order valence-corrected chi connectivity index (χ2v) is 4.69. The van der Waals surface area contributed by atoms with Gasteiger partial charge in [-0.25, -0.2) is 0 Å². The lowest BCUT2D eigenvalue weighted by Crippen LogP contribution is -1.98. The van der Waals surface area contributed by atoms with Crippen molar-refractivity contribution in [3.05, 3.63) is 28.2 Å². The van der Waals surface area contributed by atoms with Gasteiger partial charge in [0.05, 0.1) is 5.52 Å². The molecule has 4 nitrogen and oxygen atoms in total. The molecule has 0 fully saturated rings. The Bertz CT molecular complexity index is 600. The van der Waals surface area contributed by atoms with Gasteiger partial charge in [0.2, 0.25) is 5.88 Å². The van der Waals surface area contributed by atoms with E-state index in [4.69, 9.17) is 0 Å². The van der Waals surface area contributed by atoms with E-state index in [9.17, 15) is 10.0 Å². The molecule has 0 amide bonds. The maximum atomic E-state index is 11.0. The van der Waals surface area contributed by atoms with Gasteiger partial charge in [0, 0.05) is 11.9 Å². The van der Waals surface area contributed by atoms with Crippen LogP contribution in [0.4, 0.5) is 5.69 Å². The van der Waals surface area contributed by atoms with E-state index >= 15 is 0 Å². The monoisotopic (exact) mass is 246 g/mol. The van der Waals surface area contributed by atoms with E-state index in [1.54, 1.807) is 4.57 Å². The SMILES string of the molecule is CCCCn1c(O)c(N=O)c2c(C)ccc(C)c21. The first-order valence-electron chi connectivity index (χ1n) is 6.26. The molecule has 1 heterocycles. The van der Waals surface area contributed by atoms with Gasteiger partial charge >= 0.3 is 0 Å². The smallest absolute Gasteiger partial charge is 0.222 e. The van der Waals surface area contributed by atoms with E-state index in [1.165, 1.54) is 0 Å². The number of hydrogen-bond donors (Lipinski definition) is 1. The molecule has 0 unspecified atom stereocenters. The number of aryl methyl sites for hydroxylation is 3. The summed E-state index contributed by atoms with van der Waals surface area (Å²) in [4.78, 5) is 11.0. The normalized spacial score (nSPS) is 11.1. The van der Waals surface area contributed by atoms with Gasteiger partial charge in [-0.3, -0.25) is 0 Å². The summed E-state index contributed by atoms with van der Waals surface area (Å²) in [6, 6.07) is 3.96. The van der Waals surface area contributed by atoms with Crippen molar-refractivity contribution in [2.75, 3.05) is 0 Å².